The Labute approximate surface area is 197 Å². The van der Waals surface area contributed by atoms with Gasteiger partial charge in [0.05, 0.1) is 13.5 Å². The number of phenolic OH excluding ortho intramolecular Hbond substituents is 1. The minimum Gasteiger partial charge on any atom is -0.508 e. The van der Waals surface area contributed by atoms with E-state index in [2.05, 4.69) is 0 Å². The molecule has 2 N–H and O–H groups in total. The van der Waals surface area contributed by atoms with E-state index in [0.717, 1.165) is 5.56 Å². The highest BCUT2D eigenvalue weighted by molar-refractivity contribution is 6.10. The van der Waals surface area contributed by atoms with Crippen LogP contribution < -0.4 is 9.47 Å². The maximum atomic E-state index is 12.1. The molecule has 0 aliphatic rings. The fourth-order valence-electron chi connectivity index (χ4n) is 2.88. The fraction of sp³-hybridized carbons (Fsp3) is 0.231. The van der Waals surface area contributed by atoms with E-state index in [-0.39, 0.29) is 54.5 Å². The van der Waals surface area contributed by atoms with Crippen molar-refractivity contribution in [2.75, 3.05) is 7.11 Å². The molecule has 2 aromatic carbocycles. The summed E-state index contributed by atoms with van der Waals surface area (Å²) in [5.41, 5.74) is 2.02. The van der Waals surface area contributed by atoms with Crippen molar-refractivity contribution in [1.29, 1.82) is 0 Å². The summed E-state index contributed by atoms with van der Waals surface area (Å²) in [4.78, 5) is 46.6. The minimum absolute atomic E-state index is 0.0412. The molecular formula is C26H26O8. The van der Waals surface area contributed by atoms with E-state index >= 15 is 0 Å². The largest absolute Gasteiger partial charge is 0.508 e. The SMILES string of the molecule is COc1cc(/C=C\C(=O)CC(=O)/C=C\c2ccc(O)c(C)c2)ccc1OC(=O)CCCC(=O)O. The Balaban J connectivity index is 1.93. The maximum absolute atomic E-state index is 12.1. The number of hydrogen-bond donors (Lipinski definition) is 2. The molecule has 0 atom stereocenters. The molecule has 34 heavy (non-hydrogen) atoms. The first kappa shape index (κ1) is 26.1. The molecule has 0 aliphatic carbocycles. The van der Waals surface area contributed by atoms with Gasteiger partial charge in [0.25, 0.3) is 0 Å². The Kier molecular flexibility index (Phi) is 9.76. The lowest BCUT2D eigenvalue weighted by Crippen LogP contribution is -2.09. The zero-order valence-electron chi connectivity index (χ0n) is 18.9. The zero-order valence-corrected chi connectivity index (χ0v) is 18.9. The number of benzene rings is 2. The van der Waals surface area contributed by atoms with E-state index in [0.29, 0.717) is 11.1 Å². The molecular weight excluding hydrogens is 440 g/mol. The van der Waals surface area contributed by atoms with Crippen LogP contribution in [0.1, 0.15) is 42.4 Å². The Bertz CT molecular complexity index is 1130. The van der Waals surface area contributed by atoms with E-state index in [9.17, 15) is 24.3 Å². The zero-order chi connectivity index (χ0) is 25.1. The molecule has 2 rings (SSSR count). The summed E-state index contributed by atoms with van der Waals surface area (Å²) in [6.07, 6.45) is 5.40. The van der Waals surface area contributed by atoms with Gasteiger partial charge in [-0.05, 0) is 66.5 Å². The number of aliphatic carboxylic acids is 1. The second kappa shape index (κ2) is 12.7. The summed E-state index contributed by atoms with van der Waals surface area (Å²) >= 11 is 0. The highest BCUT2D eigenvalue weighted by Gasteiger charge is 2.11. The normalized spacial score (nSPS) is 11.0. The number of carbonyl (C=O) groups is 4. The summed E-state index contributed by atoms with van der Waals surface area (Å²) in [6, 6.07) is 9.61. The second-order valence-electron chi connectivity index (χ2n) is 7.45. The molecule has 0 radical (unpaired) electrons. The number of aromatic hydroxyl groups is 1. The molecule has 8 nitrogen and oxygen atoms in total. The van der Waals surface area contributed by atoms with E-state index in [1.165, 1.54) is 37.5 Å². The molecule has 0 aromatic heterocycles. The van der Waals surface area contributed by atoms with Crippen molar-refractivity contribution in [3.05, 3.63) is 65.2 Å². The maximum Gasteiger partial charge on any atom is 0.311 e. The van der Waals surface area contributed by atoms with Crippen LogP contribution in [0.2, 0.25) is 0 Å². The number of carboxylic acid groups (broad SMARTS) is 1. The van der Waals surface area contributed by atoms with Crippen molar-refractivity contribution in [3.63, 3.8) is 0 Å². The van der Waals surface area contributed by atoms with Gasteiger partial charge in [0.1, 0.15) is 5.75 Å². The van der Waals surface area contributed by atoms with Gasteiger partial charge >= 0.3 is 11.9 Å². The third kappa shape index (κ3) is 8.74. The number of carbonyl (C=O) groups excluding carboxylic acids is 3. The van der Waals surface area contributed by atoms with Gasteiger partial charge in [-0.15, -0.1) is 0 Å². The van der Waals surface area contributed by atoms with Crippen LogP contribution in [0.4, 0.5) is 0 Å². The van der Waals surface area contributed by atoms with Gasteiger partial charge in [0.2, 0.25) is 0 Å². The third-order valence-corrected chi connectivity index (χ3v) is 4.68. The molecule has 0 spiro atoms. The van der Waals surface area contributed by atoms with Gasteiger partial charge in [-0.3, -0.25) is 19.2 Å². The van der Waals surface area contributed by atoms with Crippen molar-refractivity contribution in [3.8, 4) is 17.2 Å². The van der Waals surface area contributed by atoms with Crippen molar-refractivity contribution in [1.82, 2.24) is 0 Å². The molecule has 0 aliphatic heterocycles. The Morgan fingerprint density at radius 1 is 0.882 bits per heavy atom. The number of aryl methyl sites for hydroxylation is 1. The number of esters is 1. The summed E-state index contributed by atoms with van der Waals surface area (Å²) in [6.45, 7) is 1.75. The molecule has 8 heteroatoms. The Morgan fingerprint density at radius 2 is 1.50 bits per heavy atom. The average molecular weight is 466 g/mol. The van der Waals surface area contributed by atoms with Gasteiger partial charge in [-0.2, -0.15) is 0 Å². The number of hydrogen-bond acceptors (Lipinski definition) is 7. The van der Waals surface area contributed by atoms with Crippen molar-refractivity contribution < 1.29 is 38.9 Å². The lowest BCUT2D eigenvalue weighted by molar-refractivity contribution is -0.138. The number of ketones is 2. The van der Waals surface area contributed by atoms with Gasteiger partial charge in [0, 0.05) is 12.8 Å². The molecule has 0 heterocycles. The summed E-state index contributed by atoms with van der Waals surface area (Å²) in [5.74, 6) is -1.69. The standard InChI is InChI=1S/C26H26O8/c1-17-14-18(8-12-22(17)29)6-10-20(27)16-21(28)11-7-19-9-13-23(24(15-19)33-2)34-26(32)5-3-4-25(30)31/h6-15,29H,3-5,16H2,1-2H3,(H,30,31)/b10-6-,11-7-. The highest BCUT2D eigenvalue weighted by atomic mass is 16.6. The van der Waals surface area contributed by atoms with Crippen molar-refractivity contribution in [2.45, 2.75) is 32.6 Å². The summed E-state index contributed by atoms with van der Waals surface area (Å²) in [7, 11) is 1.40. The monoisotopic (exact) mass is 466 g/mol. The molecule has 0 fully saturated rings. The molecule has 0 bridgehead atoms. The van der Waals surface area contributed by atoms with Crippen LogP contribution in [-0.2, 0) is 19.2 Å². The van der Waals surface area contributed by atoms with Crippen LogP contribution >= 0.6 is 0 Å². The first-order valence-electron chi connectivity index (χ1n) is 10.5. The van der Waals surface area contributed by atoms with Crippen LogP contribution in [0.3, 0.4) is 0 Å². The molecule has 178 valence electrons. The van der Waals surface area contributed by atoms with E-state index in [1.54, 1.807) is 37.3 Å². The number of allylic oxidation sites excluding steroid dienone is 2. The number of rotatable bonds is 12. The molecule has 0 unspecified atom stereocenters. The van der Waals surface area contributed by atoms with E-state index in [4.69, 9.17) is 14.6 Å². The van der Waals surface area contributed by atoms with Crippen LogP contribution in [0.15, 0.2) is 48.6 Å². The van der Waals surface area contributed by atoms with Crippen molar-refractivity contribution in [2.24, 2.45) is 0 Å². The smallest absolute Gasteiger partial charge is 0.311 e. The Morgan fingerprint density at radius 3 is 2.09 bits per heavy atom. The summed E-state index contributed by atoms with van der Waals surface area (Å²) < 4.78 is 10.4. The number of phenols is 1. The molecule has 0 saturated heterocycles. The first-order valence-corrected chi connectivity index (χ1v) is 10.5. The number of methoxy groups -OCH3 is 1. The molecule has 2 aromatic rings. The predicted molar refractivity (Wildman–Crippen MR) is 126 cm³/mol. The first-order chi connectivity index (χ1) is 16.2. The van der Waals surface area contributed by atoms with E-state index in [1.807, 2.05) is 0 Å². The lowest BCUT2D eigenvalue weighted by atomic mass is 10.1. The Hall–Kier alpha value is -4.20. The van der Waals surface area contributed by atoms with Crippen LogP contribution in [0.25, 0.3) is 12.2 Å². The van der Waals surface area contributed by atoms with Gasteiger partial charge < -0.3 is 19.7 Å². The van der Waals surface area contributed by atoms with Crippen LogP contribution in [-0.4, -0.2) is 40.8 Å². The van der Waals surface area contributed by atoms with Gasteiger partial charge in [-0.25, -0.2) is 0 Å². The van der Waals surface area contributed by atoms with Gasteiger partial charge in [0.15, 0.2) is 23.1 Å². The quantitative estimate of drug-likeness (QED) is 0.207. The molecule has 0 amide bonds. The topological polar surface area (TPSA) is 127 Å². The number of carboxylic acids is 1. The van der Waals surface area contributed by atoms with Crippen LogP contribution in [0.5, 0.6) is 17.2 Å². The van der Waals surface area contributed by atoms with Gasteiger partial charge in [-0.1, -0.05) is 24.3 Å². The van der Waals surface area contributed by atoms with Crippen molar-refractivity contribution >= 4 is 35.7 Å². The molecule has 0 saturated carbocycles. The predicted octanol–water partition coefficient (Wildman–Crippen LogP) is 4.12. The lowest BCUT2D eigenvalue weighted by Gasteiger charge is -2.09. The number of ether oxygens (including phenoxy) is 2. The average Bonchev–Trinajstić information content (AvgIpc) is 2.78. The minimum atomic E-state index is -0.985. The van der Waals surface area contributed by atoms with E-state index < -0.39 is 11.9 Å². The third-order valence-electron chi connectivity index (χ3n) is 4.68. The second-order valence-corrected chi connectivity index (χ2v) is 7.45. The fourth-order valence-corrected chi connectivity index (χ4v) is 2.88. The summed E-state index contributed by atoms with van der Waals surface area (Å²) in [5, 5.41) is 18.2. The highest BCUT2D eigenvalue weighted by Crippen LogP contribution is 2.29. The van der Waals surface area contributed by atoms with Crippen LogP contribution in [0, 0.1) is 6.92 Å².